The first-order valence-electron chi connectivity index (χ1n) is 9.35. The molecule has 1 aliphatic rings. The highest BCUT2D eigenvalue weighted by molar-refractivity contribution is 8.18. The van der Waals surface area contributed by atoms with Gasteiger partial charge in [-0.15, -0.1) is 0 Å². The summed E-state index contributed by atoms with van der Waals surface area (Å²) in [6.07, 6.45) is 2.60. The van der Waals surface area contributed by atoms with E-state index in [2.05, 4.69) is 6.92 Å². The van der Waals surface area contributed by atoms with Gasteiger partial charge in [-0.05, 0) is 60.1 Å². The topological polar surface area (TPSA) is 45.8 Å². The first-order chi connectivity index (χ1) is 14.5. The van der Waals surface area contributed by atoms with Crippen LogP contribution in [-0.2, 0) is 11.2 Å². The van der Waals surface area contributed by atoms with Crippen LogP contribution in [-0.4, -0.2) is 23.0 Å². The van der Waals surface area contributed by atoms with Gasteiger partial charge in [-0.3, -0.25) is 9.69 Å². The number of benzene rings is 2. The van der Waals surface area contributed by atoms with E-state index in [4.69, 9.17) is 32.6 Å². The van der Waals surface area contributed by atoms with Crippen LogP contribution in [0.1, 0.15) is 18.2 Å². The number of likely N-dealkylation sites (N-methyl/N-ethyl adjacent to an activating group) is 1. The number of halogens is 2. The zero-order valence-electron chi connectivity index (χ0n) is 16.4. The fraction of sp³-hybridized carbons (Fsp3) is 0.130. The van der Waals surface area contributed by atoms with Crippen molar-refractivity contribution in [3.63, 3.8) is 0 Å². The van der Waals surface area contributed by atoms with E-state index in [1.807, 2.05) is 30.3 Å². The second-order valence-corrected chi connectivity index (χ2v) is 8.53. The molecular weight excluding hydrogens is 439 g/mol. The monoisotopic (exact) mass is 456 g/mol. The molecule has 4 nitrogen and oxygen atoms in total. The summed E-state index contributed by atoms with van der Waals surface area (Å²) in [5, 5.41) is 1.75. The summed E-state index contributed by atoms with van der Waals surface area (Å²) in [6.45, 7) is 2.08. The first-order valence-corrected chi connectivity index (χ1v) is 10.9. The third kappa shape index (κ3) is 4.19. The minimum atomic E-state index is -0.119. The summed E-state index contributed by atoms with van der Waals surface area (Å²) in [5.74, 6) is 1.02. The minimum Gasteiger partial charge on any atom is -0.457 e. The van der Waals surface area contributed by atoms with Crippen molar-refractivity contribution in [3.05, 3.63) is 80.9 Å². The third-order valence-corrected chi connectivity index (χ3v) is 6.31. The standard InChI is InChI=1S/C23H18Cl2N2O2S/c1-3-14-6-4-5-7-19(14)26-23-27(2)22(28)21(30-23)13-16-9-11-20(29-16)17-12-15(24)8-10-18(17)25/h4-13H,3H2,1-2H3/b21-13+,26-23?. The van der Waals surface area contributed by atoms with Gasteiger partial charge in [-0.25, -0.2) is 4.99 Å². The largest absolute Gasteiger partial charge is 0.457 e. The zero-order valence-corrected chi connectivity index (χ0v) is 18.7. The van der Waals surface area contributed by atoms with Gasteiger partial charge in [-0.1, -0.05) is 48.3 Å². The fourth-order valence-electron chi connectivity index (χ4n) is 3.06. The number of nitrogens with zero attached hydrogens (tertiary/aromatic N) is 2. The number of thioether (sulfide) groups is 1. The molecule has 1 amide bonds. The van der Waals surface area contributed by atoms with Crippen molar-refractivity contribution in [3.8, 4) is 11.3 Å². The molecule has 0 atom stereocenters. The number of carbonyl (C=O) groups excluding carboxylic acids is 1. The maximum absolute atomic E-state index is 12.7. The van der Waals surface area contributed by atoms with Gasteiger partial charge in [-0.2, -0.15) is 0 Å². The predicted octanol–water partition coefficient (Wildman–Crippen LogP) is 7.05. The molecule has 0 unspecified atom stereocenters. The maximum Gasteiger partial charge on any atom is 0.266 e. The smallest absolute Gasteiger partial charge is 0.266 e. The molecule has 3 aromatic rings. The van der Waals surface area contributed by atoms with E-state index in [0.29, 0.717) is 37.2 Å². The van der Waals surface area contributed by atoms with Crippen LogP contribution in [0.25, 0.3) is 17.4 Å². The SMILES string of the molecule is CCc1ccccc1N=C1S/C(=C/c2ccc(-c3cc(Cl)ccc3Cl)o2)C(=O)N1C. The highest BCUT2D eigenvalue weighted by Gasteiger charge is 2.31. The average Bonchev–Trinajstić information content (AvgIpc) is 3.31. The van der Waals surface area contributed by atoms with Gasteiger partial charge in [0.1, 0.15) is 11.5 Å². The number of aliphatic imine (C=N–C) groups is 1. The van der Waals surface area contributed by atoms with Gasteiger partial charge < -0.3 is 4.42 Å². The van der Waals surface area contributed by atoms with E-state index in [1.54, 1.807) is 42.3 Å². The molecular formula is C23H18Cl2N2O2S. The van der Waals surface area contributed by atoms with Crippen molar-refractivity contribution in [2.75, 3.05) is 7.05 Å². The molecule has 7 heteroatoms. The molecule has 0 N–H and O–H groups in total. The van der Waals surface area contributed by atoms with Crippen molar-refractivity contribution >= 4 is 57.8 Å². The molecule has 1 saturated heterocycles. The van der Waals surface area contributed by atoms with Crippen LogP contribution in [0, 0.1) is 0 Å². The van der Waals surface area contributed by atoms with Crippen LogP contribution < -0.4 is 0 Å². The molecule has 1 aromatic heterocycles. The highest BCUT2D eigenvalue weighted by Crippen LogP contribution is 2.36. The van der Waals surface area contributed by atoms with E-state index >= 15 is 0 Å². The molecule has 0 spiro atoms. The number of aryl methyl sites for hydroxylation is 1. The molecule has 152 valence electrons. The van der Waals surface area contributed by atoms with E-state index in [-0.39, 0.29) is 5.91 Å². The predicted molar refractivity (Wildman–Crippen MR) is 125 cm³/mol. The quantitative estimate of drug-likeness (QED) is 0.395. The molecule has 1 aliphatic heterocycles. The summed E-state index contributed by atoms with van der Waals surface area (Å²) >= 11 is 13.7. The lowest BCUT2D eigenvalue weighted by Crippen LogP contribution is -2.23. The Bertz CT molecular complexity index is 1180. The van der Waals surface area contributed by atoms with Gasteiger partial charge in [0.05, 0.1) is 15.6 Å². The number of rotatable bonds is 4. The van der Waals surface area contributed by atoms with Gasteiger partial charge in [0.15, 0.2) is 5.17 Å². The maximum atomic E-state index is 12.7. The van der Waals surface area contributed by atoms with Gasteiger partial charge in [0, 0.05) is 23.7 Å². The second kappa shape index (κ2) is 8.72. The number of carbonyl (C=O) groups is 1. The first kappa shape index (κ1) is 20.8. The molecule has 0 aliphatic carbocycles. The fourth-order valence-corrected chi connectivity index (χ4v) is 4.41. The van der Waals surface area contributed by atoms with E-state index in [0.717, 1.165) is 17.7 Å². The lowest BCUT2D eigenvalue weighted by molar-refractivity contribution is -0.121. The van der Waals surface area contributed by atoms with Gasteiger partial charge in [0.2, 0.25) is 0 Å². The lowest BCUT2D eigenvalue weighted by Gasteiger charge is -2.08. The van der Waals surface area contributed by atoms with E-state index < -0.39 is 0 Å². The van der Waals surface area contributed by atoms with Gasteiger partial charge >= 0.3 is 0 Å². The Morgan fingerprint density at radius 2 is 1.93 bits per heavy atom. The van der Waals surface area contributed by atoms with Crippen LogP contribution in [0.3, 0.4) is 0 Å². The third-order valence-electron chi connectivity index (χ3n) is 4.69. The van der Waals surface area contributed by atoms with Gasteiger partial charge in [0.25, 0.3) is 5.91 Å². The Balaban J connectivity index is 1.62. The summed E-state index contributed by atoms with van der Waals surface area (Å²) in [4.78, 5) is 19.5. The Kier molecular flexibility index (Phi) is 6.04. The van der Waals surface area contributed by atoms with Crippen LogP contribution >= 0.6 is 35.0 Å². The molecule has 2 heterocycles. The van der Waals surface area contributed by atoms with Crippen LogP contribution in [0.4, 0.5) is 5.69 Å². The summed E-state index contributed by atoms with van der Waals surface area (Å²) in [7, 11) is 1.73. The van der Waals surface area contributed by atoms with E-state index in [1.165, 1.54) is 11.8 Å². The molecule has 4 rings (SSSR count). The number of para-hydroxylation sites is 1. The van der Waals surface area contributed by atoms with Crippen molar-refractivity contribution in [2.45, 2.75) is 13.3 Å². The molecule has 2 aromatic carbocycles. The average molecular weight is 457 g/mol. The number of hydrogen-bond donors (Lipinski definition) is 0. The van der Waals surface area contributed by atoms with Crippen molar-refractivity contribution in [1.29, 1.82) is 0 Å². The summed E-state index contributed by atoms with van der Waals surface area (Å²) in [5.41, 5.74) is 2.71. The highest BCUT2D eigenvalue weighted by atomic mass is 35.5. The van der Waals surface area contributed by atoms with Crippen molar-refractivity contribution < 1.29 is 9.21 Å². The number of hydrogen-bond acceptors (Lipinski definition) is 4. The number of amides is 1. The molecule has 0 saturated carbocycles. The molecule has 0 radical (unpaired) electrons. The number of amidine groups is 1. The lowest BCUT2D eigenvalue weighted by atomic mass is 10.1. The van der Waals surface area contributed by atoms with E-state index in [9.17, 15) is 4.79 Å². The Morgan fingerprint density at radius 3 is 2.73 bits per heavy atom. The van der Waals surface area contributed by atoms with Crippen LogP contribution in [0.2, 0.25) is 10.0 Å². The number of furan rings is 1. The molecule has 1 fully saturated rings. The normalized spacial score (nSPS) is 16.8. The van der Waals surface area contributed by atoms with Crippen molar-refractivity contribution in [2.24, 2.45) is 4.99 Å². The van der Waals surface area contributed by atoms with Crippen molar-refractivity contribution in [1.82, 2.24) is 4.90 Å². The summed E-state index contributed by atoms with van der Waals surface area (Å²) < 4.78 is 5.90. The Morgan fingerprint density at radius 1 is 1.13 bits per heavy atom. The van der Waals surface area contributed by atoms with Crippen LogP contribution in [0.15, 0.2) is 68.9 Å². The second-order valence-electron chi connectivity index (χ2n) is 6.68. The molecule has 0 bridgehead atoms. The minimum absolute atomic E-state index is 0.119. The Labute approximate surface area is 189 Å². The zero-order chi connectivity index (χ0) is 21.3. The molecule has 30 heavy (non-hydrogen) atoms. The Hall–Kier alpha value is -2.47. The van der Waals surface area contributed by atoms with Crippen LogP contribution in [0.5, 0.6) is 0 Å². The summed E-state index contributed by atoms with van der Waals surface area (Å²) in [6, 6.07) is 16.7.